The molecule has 3 aromatic rings. The van der Waals surface area contributed by atoms with Gasteiger partial charge in [-0.3, -0.25) is 9.36 Å². The number of aromatic nitrogens is 2. The second kappa shape index (κ2) is 7.83. The maximum absolute atomic E-state index is 13.8. The number of phenols is 1. The largest absolute Gasteiger partial charge is 0.504 e. The van der Waals surface area contributed by atoms with Gasteiger partial charge in [0.15, 0.2) is 11.6 Å². The van der Waals surface area contributed by atoms with Gasteiger partial charge in [0.1, 0.15) is 5.82 Å². The summed E-state index contributed by atoms with van der Waals surface area (Å²) in [6.45, 7) is 4.23. The molecule has 0 fully saturated rings. The summed E-state index contributed by atoms with van der Waals surface area (Å²) in [6.07, 6.45) is 2.16. The van der Waals surface area contributed by atoms with Crippen LogP contribution in [-0.4, -0.2) is 14.7 Å². The normalized spacial score (nSPS) is 11.0. The molecule has 6 heteroatoms. The molecule has 0 spiro atoms. The molecule has 2 aromatic heterocycles. The Morgan fingerprint density at radius 3 is 2.73 bits per heavy atom. The van der Waals surface area contributed by atoms with E-state index in [0.29, 0.717) is 36.5 Å². The maximum atomic E-state index is 13.8. The van der Waals surface area contributed by atoms with E-state index in [-0.39, 0.29) is 11.1 Å². The van der Waals surface area contributed by atoms with Crippen LogP contribution in [0, 0.1) is 12.7 Å². The summed E-state index contributed by atoms with van der Waals surface area (Å²) in [4.78, 5) is 18.8. The van der Waals surface area contributed by atoms with Crippen LogP contribution < -0.4 is 5.56 Å². The van der Waals surface area contributed by atoms with Gasteiger partial charge in [-0.25, -0.2) is 9.37 Å². The van der Waals surface area contributed by atoms with Gasteiger partial charge in [0.25, 0.3) is 5.56 Å². The summed E-state index contributed by atoms with van der Waals surface area (Å²) >= 11 is 1.63. The molecule has 0 radical (unpaired) electrons. The fraction of sp³-hybridized carbons (Fsp3) is 0.300. The Morgan fingerprint density at radius 1 is 1.23 bits per heavy atom. The first kappa shape index (κ1) is 18.3. The van der Waals surface area contributed by atoms with Gasteiger partial charge in [0, 0.05) is 22.7 Å². The molecule has 1 aromatic carbocycles. The van der Waals surface area contributed by atoms with Gasteiger partial charge < -0.3 is 5.11 Å². The Bertz CT molecular complexity index is 965. The predicted molar refractivity (Wildman–Crippen MR) is 102 cm³/mol. The molecule has 2 heterocycles. The highest BCUT2D eigenvalue weighted by Gasteiger charge is 2.19. The van der Waals surface area contributed by atoms with Crippen LogP contribution in [-0.2, 0) is 19.4 Å². The van der Waals surface area contributed by atoms with E-state index in [1.165, 1.54) is 12.1 Å². The second-order valence-corrected chi connectivity index (χ2v) is 7.20. The molecular weight excluding hydrogens is 351 g/mol. The lowest BCUT2D eigenvalue weighted by atomic mass is 10.1. The summed E-state index contributed by atoms with van der Waals surface area (Å²) in [5, 5.41) is 12.1. The standard InChI is InChI=1S/C20H21FN2O2S/c1-3-6-15-13(2)22-19(16-8-4-9-17(21)18(16)24)23(20(15)25)11-10-14-7-5-12-26-14/h4-5,7-9,12,24H,3,6,10-11H2,1-2H3. The summed E-state index contributed by atoms with van der Waals surface area (Å²) in [7, 11) is 0. The molecule has 136 valence electrons. The van der Waals surface area contributed by atoms with Crippen molar-refractivity contribution in [3.8, 4) is 17.1 Å². The third-order valence-corrected chi connectivity index (χ3v) is 5.30. The zero-order valence-electron chi connectivity index (χ0n) is 14.8. The molecule has 0 aliphatic heterocycles. The summed E-state index contributed by atoms with van der Waals surface area (Å²) in [5.41, 5.74) is 1.43. The van der Waals surface area contributed by atoms with Crippen molar-refractivity contribution in [2.45, 2.75) is 39.7 Å². The number of hydrogen-bond donors (Lipinski definition) is 1. The maximum Gasteiger partial charge on any atom is 0.257 e. The van der Waals surface area contributed by atoms with Gasteiger partial charge in [-0.2, -0.15) is 0 Å². The van der Waals surface area contributed by atoms with E-state index >= 15 is 0 Å². The quantitative estimate of drug-likeness (QED) is 0.701. The van der Waals surface area contributed by atoms with Crippen LogP contribution in [0.1, 0.15) is 29.5 Å². The fourth-order valence-electron chi connectivity index (χ4n) is 3.02. The Kier molecular flexibility index (Phi) is 5.52. The molecule has 0 atom stereocenters. The molecule has 0 saturated heterocycles. The zero-order valence-corrected chi connectivity index (χ0v) is 15.6. The number of phenolic OH excluding ortho intramolecular Hbond substituents is 1. The number of rotatable bonds is 6. The Labute approximate surface area is 155 Å². The van der Waals surface area contributed by atoms with Crippen LogP contribution in [0.5, 0.6) is 5.75 Å². The van der Waals surface area contributed by atoms with E-state index < -0.39 is 11.6 Å². The van der Waals surface area contributed by atoms with Gasteiger partial charge in [0.2, 0.25) is 0 Å². The number of para-hydroxylation sites is 1. The number of aromatic hydroxyl groups is 1. The van der Waals surface area contributed by atoms with Gasteiger partial charge in [-0.1, -0.05) is 25.5 Å². The minimum Gasteiger partial charge on any atom is -0.504 e. The molecule has 0 unspecified atom stereocenters. The number of nitrogens with zero attached hydrogens (tertiary/aromatic N) is 2. The first-order valence-electron chi connectivity index (χ1n) is 8.63. The van der Waals surface area contributed by atoms with E-state index in [1.807, 2.05) is 24.4 Å². The van der Waals surface area contributed by atoms with Crippen LogP contribution in [0.4, 0.5) is 4.39 Å². The summed E-state index contributed by atoms with van der Waals surface area (Å²) in [6, 6.07) is 8.27. The van der Waals surface area contributed by atoms with Crippen molar-refractivity contribution in [2.75, 3.05) is 0 Å². The van der Waals surface area contributed by atoms with Crippen LogP contribution in [0.25, 0.3) is 11.4 Å². The molecule has 0 amide bonds. The number of hydrogen-bond acceptors (Lipinski definition) is 4. The van der Waals surface area contributed by atoms with Crippen LogP contribution >= 0.6 is 11.3 Å². The van der Waals surface area contributed by atoms with Gasteiger partial charge >= 0.3 is 0 Å². The van der Waals surface area contributed by atoms with Crippen molar-refractivity contribution in [3.05, 3.63) is 68.0 Å². The molecule has 0 aliphatic carbocycles. The molecule has 4 nitrogen and oxygen atoms in total. The molecule has 0 bridgehead atoms. The van der Waals surface area contributed by atoms with E-state index in [9.17, 15) is 14.3 Å². The smallest absolute Gasteiger partial charge is 0.257 e. The average molecular weight is 372 g/mol. The molecule has 26 heavy (non-hydrogen) atoms. The van der Waals surface area contributed by atoms with Crippen molar-refractivity contribution in [1.82, 2.24) is 9.55 Å². The fourth-order valence-corrected chi connectivity index (χ4v) is 3.72. The molecule has 1 N–H and O–H groups in total. The number of aryl methyl sites for hydroxylation is 2. The monoisotopic (exact) mass is 372 g/mol. The van der Waals surface area contributed by atoms with E-state index in [1.54, 1.807) is 28.9 Å². The number of halogens is 1. The van der Waals surface area contributed by atoms with Crippen molar-refractivity contribution in [2.24, 2.45) is 0 Å². The van der Waals surface area contributed by atoms with Crippen molar-refractivity contribution in [3.63, 3.8) is 0 Å². The van der Waals surface area contributed by atoms with Crippen LogP contribution in [0.3, 0.4) is 0 Å². The molecular formula is C20H21FN2O2S. The lowest BCUT2D eigenvalue weighted by Crippen LogP contribution is -2.28. The Balaban J connectivity index is 2.15. The summed E-state index contributed by atoms with van der Waals surface area (Å²) in [5.74, 6) is -0.898. The lowest BCUT2D eigenvalue weighted by molar-refractivity contribution is 0.433. The van der Waals surface area contributed by atoms with E-state index in [0.717, 1.165) is 11.3 Å². The van der Waals surface area contributed by atoms with Crippen molar-refractivity contribution >= 4 is 11.3 Å². The van der Waals surface area contributed by atoms with E-state index in [4.69, 9.17) is 0 Å². The lowest BCUT2D eigenvalue weighted by Gasteiger charge is -2.16. The minimum absolute atomic E-state index is 0.116. The SMILES string of the molecule is CCCc1c(C)nc(-c2cccc(F)c2O)n(CCc2cccs2)c1=O. The number of thiophene rings is 1. The van der Waals surface area contributed by atoms with Gasteiger partial charge in [-0.15, -0.1) is 11.3 Å². The third kappa shape index (κ3) is 3.55. The highest BCUT2D eigenvalue weighted by Crippen LogP contribution is 2.30. The Hall–Kier alpha value is -2.47. The topological polar surface area (TPSA) is 55.1 Å². The van der Waals surface area contributed by atoms with Crippen molar-refractivity contribution < 1.29 is 9.50 Å². The second-order valence-electron chi connectivity index (χ2n) is 6.17. The zero-order chi connectivity index (χ0) is 18.7. The van der Waals surface area contributed by atoms with Crippen LogP contribution in [0.2, 0.25) is 0 Å². The van der Waals surface area contributed by atoms with Gasteiger partial charge in [-0.05, 0) is 43.3 Å². The Morgan fingerprint density at radius 2 is 2.04 bits per heavy atom. The molecule has 3 rings (SSSR count). The highest BCUT2D eigenvalue weighted by atomic mass is 32.1. The van der Waals surface area contributed by atoms with Crippen molar-refractivity contribution in [1.29, 1.82) is 0 Å². The minimum atomic E-state index is -0.725. The average Bonchev–Trinajstić information content (AvgIpc) is 3.13. The van der Waals surface area contributed by atoms with Crippen LogP contribution in [0.15, 0.2) is 40.5 Å². The predicted octanol–water partition coefficient (Wildman–Crippen LogP) is 4.32. The van der Waals surface area contributed by atoms with Gasteiger partial charge in [0.05, 0.1) is 5.56 Å². The molecule has 0 saturated carbocycles. The third-order valence-electron chi connectivity index (χ3n) is 4.36. The molecule has 0 aliphatic rings. The first-order chi connectivity index (χ1) is 12.5. The van der Waals surface area contributed by atoms with E-state index in [2.05, 4.69) is 4.98 Å². The number of benzene rings is 1. The first-order valence-corrected chi connectivity index (χ1v) is 9.51. The summed E-state index contributed by atoms with van der Waals surface area (Å²) < 4.78 is 15.4. The highest BCUT2D eigenvalue weighted by molar-refractivity contribution is 7.09.